The monoisotopic (exact) mass is 243 g/mol. The molecule has 1 atom stereocenters. The molecule has 0 saturated heterocycles. The van der Waals surface area contributed by atoms with Crippen LogP contribution in [-0.2, 0) is 14.3 Å². The fraction of sp³-hybridized carbons (Fsp3) is 0.833. The molecule has 0 spiro atoms. The maximum absolute atomic E-state index is 11.5. The van der Waals surface area contributed by atoms with Gasteiger partial charge in [0.2, 0.25) is 5.91 Å². The number of carboxylic acids is 1. The third kappa shape index (κ3) is 5.68. The zero-order valence-corrected chi connectivity index (χ0v) is 10.3. The second-order valence-corrected chi connectivity index (χ2v) is 4.50. The Morgan fingerprint density at radius 1 is 1.35 bits per heavy atom. The van der Waals surface area contributed by atoms with Crippen molar-refractivity contribution in [2.75, 3.05) is 6.61 Å². The summed E-state index contributed by atoms with van der Waals surface area (Å²) in [6.45, 7) is 1.62. The SMILES string of the molecule is C[C@@H](OCCC(=O)NC1CCCCC1)C(=O)O. The normalized spacial score (nSPS) is 18.6. The van der Waals surface area contributed by atoms with Crippen LogP contribution < -0.4 is 5.32 Å². The summed E-state index contributed by atoms with van der Waals surface area (Å²) in [4.78, 5) is 22.0. The van der Waals surface area contributed by atoms with Gasteiger partial charge in [-0.1, -0.05) is 19.3 Å². The Balaban J connectivity index is 2.10. The number of rotatable bonds is 6. The molecule has 2 N–H and O–H groups in total. The smallest absolute Gasteiger partial charge is 0.332 e. The minimum atomic E-state index is -1.00. The van der Waals surface area contributed by atoms with E-state index >= 15 is 0 Å². The average molecular weight is 243 g/mol. The maximum atomic E-state index is 11.5. The van der Waals surface area contributed by atoms with Crippen LogP contribution in [0.4, 0.5) is 0 Å². The molecule has 5 heteroatoms. The lowest BCUT2D eigenvalue weighted by atomic mass is 9.95. The predicted molar refractivity (Wildman–Crippen MR) is 62.7 cm³/mol. The first-order chi connectivity index (χ1) is 8.09. The van der Waals surface area contributed by atoms with E-state index in [0.717, 1.165) is 12.8 Å². The molecule has 5 nitrogen and oxygen atoms in total. The van der Waals surface area contributed by atoms with Crippen molar-refractivity contribution in [3.8, 4) is 0 Å². The van der Waals surface area contributed by atoms with Crippen LogP contribution in [0.25, 0.3) is 0 Å². The maximum Gasteiger partial charge on any atom is 0.332 e. The molecular weight excluding hydrogens is 222 g/mol. The van der Waals surface area contributed by atoms with Gasteiger partial charge in [-0.3, -0.25) is 4.79 Å². The molecular formula is C12H21NO4. The number of hydrogen-bond donors (Lipinski definition) is 2. The Bertz CT molecular complexity index is 261. The van der Waals surface area contributed by atoms with Gasteiger partial charge in [-0.2, -0.15) is 0 Å². The van der Waals surface area contributed by atoms with E-state index in [-0.39, 0.29) is 18.9 Å². The van der Waals surface area contributed by atoms with Gasteiger partial charge < -0.3 is 15.2 Å². The third-order valence-corrected chi connectivity index (χ3v) is 3.02. The van der Waals surface area contributed by atoms with Crippen LogP contribution in [0.3, 0.4) is 0 Å². The molecule has 1 saturated carbocycles. The van der Waals surface area contributed by atoms with Gasteiger partial charge in [0.05, 0.1) is 6.61 Å². The van der Waals surface area contributed by atoms with Crippen molar-refractivity contribution in [3.05, 3.63) is 0 Å². The number of hydrogen-bond acceptors (Lipinski definition) is 3. The van der Waals surface area contributed by atoms with Crippen molar-refractivity contribution in [2.45, 2.75) is 57.6 Å². The lowest BCUT2D eigenvalue weighted by Crippen LogP contribution is -2.36. The summed E-state index contributed by atoms with van der Waals surface area (Å²) in [7, 11) is 0. The Morgan fingerprint density at radius 2 is 2.00 bits per heavy atom. The molecule has 1 aliphatic rings. The van der Waals surface area contributed by atoms with Crippen molar-refractivity contribution in [3.63, 3.8) is 0 Å². The van der Waals surface area contributed by atoms with Crippen LogP contribution in [0.2, 0.25) is 0 Å². The Morgan fingerprint density at radius 3 is 2.59 bits per heavy atom. The molecule has 0 bridgehead atoms. The van der Waals surface area contributed by atoms with Gasteiger partial charge in [-0.05, 0) is 19.8 Å². The number of carbonyl (C=O) groups is 2. The second-order valence-electron chi connectivity index (χ2n) is 4.50. The average Bonchev–Trinajstić information content (AvgIpc) is 2.30. The molecule has 0 aliphatic heterocycles. The molecule has 0 aromatic rings. The first-order valence-electron chi connectivity index (χ1n) is 6.23. The van der Waals surface area contributed by atoms with Crippen LogP contribution >= 0.6 is 0 Å². The molecule has 17 heavy (non-hydrogen) atoms. The number of carbonyl (C=O) groups excluding carboxylic acids is 1. The zero-order valence-electron chi connectivity index (χ0n) is 10.3. The van der Waals surface area contributed by atoms with E-state index in [1.54, 1.807) is 0 Å². The Kier molecular flexibility index (Phi) is 5.97. The van der Waals surface area contributed by atoms with E-state index in [9.17, 15) is 9.59 Å². The minimum absolute atomic E-state index is 0.0468. The molecule has 0 heterocycles. The van der Waals surface area contributed by atoms with Crippen molar-refractivity contribution in [1.82, 2.24) is 5.32 Å². The van der Waals surface area contributed by atoms with E-state index in [2.05, 4.69) is 5.32 Å². The molecule has 1 aliphatic carbocycles. The highest BCUT2D eigenvalue weighted by Gasteiger charge is 2.16. The van der Waals surface area contributed by atoms with Crippen molar-refractivity contribution in [1.29, 1.82) is 0 Å². The number of amides is 1. The molecule has 1 rings (SSSR count). The molecule has 0 aromatic heterocycles. The third-order valence-electron chi connectivity index (χ3n) is 3.02. The molecule has 0 radical (unpaired) electrons. The van der Waals surface area contributed by atoms with E-state index < -0.39 is 12.1 Å². The van der Waals surface area contributed by atoms with Crippen LogP contribution in [0.15, 0.2) is 0 Å². The molecule has 0 aromatic carbocycles. The summed E-state index contributed by atoms with van der Waals surface area (Å²) in [6.07, 6.45) is 5.10. The fourth-order valence-electron chi connectivity index (χ4n) is 1.95. The van der Waals surface area contributed by atoms with Crippen molar-refractivity contribution < 1.29 is 19.4 Å². The minimum Gasteiger partial charge on any atom is -0.479 e. The van der Waals surface area contributed by atoms with Gasteiger partial charge in [-0.15, -0.1) is 0 Å². The van der Waals surface area contributed by atoms with Crippen LogP contribution in [0.1, 0.15) is 45.4 Å². The highest BCUT2D eigenvalue weighted by atomic mass is 16.5. The van der Waals surface area contributed by atoms with Crippen LogP contribution in [0, 0.1) is 0 Å². The summed E-state index contributed by atoms with van der Waals surface area (Å²) in [6, 6.07) is 0.299. The fourth-order valence-corrected chi connectivity index (χ4v) is 1.95. The van der Waals surface area contributed by atoms with Gasteiger partial charge >= 0.3 is 5.97 Å². The topological polar surface area (TPSA) is 75.6 Å². The Hall–Kier alpha value is -1.10. The van der Waals surface area contributed by atoms with Gasteiger partial charge in [0.15, 0.2) is 6.10 Å². The number of ether oxygens (including phenoxy) is 1. The van der Waals surface area contributed by atoms with Crippen molar-refractivity contribution in [2.24, 2.45) is 0 Å². The van der Waals surface area contributed by atoms with E-state index in [0.29, 0.717) is 6.04 Å². The van der Waals surface area contributed by atoms with E-state index in [4.69, 9.17) is 9.84 Å². The van der Waals surface area contributed by atoms with Crippen molar-refractivity contribution >= 4 is 11.9 Å². The molecule has 1 fully saturated rings. The number of nitrogens with one attached hydrogen (secondary N) is 1. The predicted octanol–water partition coefficient (Wildman–Crippen LogP) is 1.32. The van der Waals surface area contributed by atoms with Gasteiger partial charge in [0, 0.05) is 12.5 Å². The summed E-state index contributed by atoms with van der Waals surface area (Å²) in [5.41, 5.74) is 0. The molecule has 1 amide bonds. The van der Waals surface area contributed by atoms with Gasteiger partial charge in [0.1, 0.15) is 0 Å². The molecule has 0 unspecified atom stereocenters. The van der Waals surface area contributed by atoms with Gasteiger partial charge in [0.25, 0.3) is 0 Å². The van der Waals surface area contributed by atoms with E-state index in [1.165, 1.54) is 26.2 Å². The summed E-state index contributed by atoms with van der Waals surface area (Å²) in [5.74, 6) is -1.05. The summed E-state index contributed by atoms with van der Waals surface area (Å²) in [5, 5.41) is 11.5. The first kappa shape index (κ1) is 14.0. The van der Waals surface area contributed by atoms with Gasteiger partial charge in [-0.25, -0.2) is 4.79 Å². The zero-order chi connectivity index (χ0) is 12.7. The highest BCUT2D eigenvalue weighted by Crippen LogP contribution is 2.17. The number of carboxylic acid groups (broad SMARTS) is 1. The number of aliphatic carboxylic acids is 1. The van der Waals surface area contributed by atoms with Crippen LogP contribution in [0.5, 0.6) is 0 Å². The standard InChI is InChI=1S/C12H21NO4/c1-9(12(15)16)17-8-7-11(14)13-10-5-3-2-4-6-10/h9-10H,2-8H2,1H3,(H,13,14)(H,15,16)/t9-/m1/s1. The largest absolute Gasteiger partial charge is 0.479 e. The lowest BCUT2D eigenvalue weighted by Gasteiger charge is -2.22. The summed E-state index contributed by atoms with van der Waals surface area (Å²) < 4.78 is 5.00. The summed E-state index contributed by atoms with van der Waals surface area (Å²) >= 11 is 0. The quantitative estimate of drug-likeness (QED) is 0.737. The molecule has 98 valence electrons. The first-order valence-corrected chi connectivity index (χ1v) is 6.23. The lowest BCUT2D eigenvalue weighted by molar-refractivity contribution is -0.149. The highest BCUT2D eigenvalue weighted by molar-refractivity contribution is 5.76. The second kappa shape index (κ2) is 7.27. The van der Waals surface area contributed by atoms with E-state index in [1.807, 2.05) is 0 Å². The Labute approximate surface area is 102 Å². The van der Waals surface area contributed by atoms with Crippen LogP contribution in [-0.4, -0.2) is 35.7 Å².